The first-order chi connectivity index (χ1) is 11.0. The first-order valence-electron chi connectivity index (χ1n) is 7.84. The number of hydrogen-bond donors (Lipinski definition) is 1. The molecule has 0 fully saturated rings. The van der Waals surface area contributed by atoms with Gasteiger partial charge in [-0.05, 0) is 37.2 Å². The number of hydrogen-bond acceptors (Lipinski definition) is 4. The highest BCUT2D eigenvalue weighted by Gasteiger charge is 2.14. The Hall–Kier alpha value is -2.02. The van der Waals surface area contributed by atoms with E-state index in [1.165, 1.54) is 24.3 Å². The van der Waals surface area contributed by atoms with Crippen LogP contribution >= 0.6 is 12.2 Å². The molecule has 7 heteroatoms. The van der Waals surface area contributed by atoms with E-state index in [1.54, 1.807) is 0 Å². The van der Waals surface area contributed by atoms with Gasteiger partial charge in [-0.2, -0.15) is 0 Å². The highest BCUT2D eigenvalue weighted by Crippen LogP contribution is 2.12. The van der Waals surface area contributed by atoms with E-state index in [0.717, 1.165) is 38.8 Å². The van der Waals surface area contributed by atoms with Crippen LogP contribution in [0.25, 0.3) is 0 Å². The number of thiocarbonyl (C=S) groups is 1. The van der Waals surface area contributed by atoms with E-state index in [4.69, 9.17) is 12.2 Å². The van der Waals surface area contributed by atoms with E-state index in [2.05, 4.69) is 19.2 Å². The van der Waals surface area contributed by atoms with Gasteiger partial charge < -0.3 is 4.90 Å². The number of unbranched alkanes of at least 4 members (excludes halogenated alkanes) is 2. The number of amides is 1. The number of rotatable bonds is 8. The summed E-state index contributed by atoms with van der Waals surface area (Å²) in [6.07, 6.45) is 4.14. The van der Waals surface area contributed by atoms with E-state index in [9.17, 15) is 14.9 Å². The van der Waals surface area contributed by atoms with Crippen LogP contribution < -0.4 is 5.32 Å². The number of nitro benzene ring substituents is 1. The molecule has 126 valence electrons. The van der Waals surface area contributed by atoms with E-state index < -0.39 is 4.92 Å². The Morgan fingerprint density at radius 1 is 1.17 bits per heavy atom. The molecule has 1 N–H and O–H groups in total. The van der Waals surface area contributed by atoms with Gasteiger partial charge in [0, 0.05) is 30.8 Å². The number of nitro groups is 1. The van der Waals surface area contributed by atoms with Crippen LogP contribution in [-0.2, 0) is 0 Å². The van der Waals surface area contributed by atoms with Gasteiger partial charge in [0.15, 0.2) is 5.11 Å². The molecule has 0 radical (unpaired) electrons. The first-order valence-corrected chi connectivity index (χ1v) is 8.25. The third-order valence-corrected chi connectivity index (χ3v) is 3.77. The zero-order chi connectivity index (χ0) is 17.2. The lowest BCUT2D eigenvalue weighted by Gasteiger charge is -2.25. The third-order valence-electron chi connectivity index (χ3n) is 3.41. The van der Waals surface area contributed by atoms with Crippen LogP contribution in [0.2, 0.25) is 0 Å². The smallest absolute Gasteiger partial charge is 0.269 e. The zero-order valence-corrected chi connectivity index (χ0v) is 14.4. The van der Waals surface area contributed by atoms with E-state index in [-0.39, 0.29) is 11.6 Å². The summed E-state index contributed by atoms with van der Waals surface area (Å²) in [6, 6.07) is 5.48. The summed E-state index contributed by atoms with van der Waals surface area (Å²) in [4.78, 5) is 24.3. The van der Waals surface area contributed by atoms with Crippen molar-refractivity contribution in [2.75, 3.05) is 13.1 Å². The van der Waals surface area contributed by atoms with E-state index in [0.29, 0.717) is 10.7 Å². The summed E-state index contributed by atoms with van der Waals surface area (Å²) < 4.78 is 0. The lowest BCUT2D eigenvalue weighted by Crippen LogP contribution is -2.43. The van der Waals surface area contributed by atoms with Gasteiger partial charge >= 0.3 is 0 Å². The minimum Gasteiger partial charge on any atom is -0.349 e. The second kappa shape index (κ2) is 9.89. The fraction of sp³-hybridized carbons (Fsp3) is 0.500. The van der Waals surface area contributed by atoms with Crippen molar-refractivity contribution in [3.8, 4) is 0 Å². The van der Waals surface area contributed by atoms with Gasteiger partial charge in [0.05, 0.1) is 4.92 Å². The SMILES string of the molecule is CCCCN(CCCC)C(=S)NC(=O)c1ccc([N+](=O)[O-])cc1. The largest absolute Gasteiger partial charge is 0.349 e. The number of non-ortho nitro benzene ring substituents is 1. The quantitative estimate of drug-likeness (QED) is 0.446. The van der Waals surface area contributed by atoms with Crippen LogP contribution in [0.1, 0.15) is 49.9 Å². The van der Waals surface area contributed by atoms with Crippen molar-refractivity contribution < 1.29 is 9.72 Å². The predicted octanol–water partition coefficient (Wildman–Crippen LogP) is 3.51. The Balaban J connectivity index is 2.68. The highest BCUT2D eigenvalue weighted by atomic mass is 32.1. The Kier molecular flexibility index (Phi) is 8.18. The average molecular weight is 337 g/mol. The first kappa shape index (κ1) is 19.0. The van der Waals surface area contributed by atoms with Gasteiger partial charge in [0.25, 0.3) is 11.6 Å². The second-order valence-electron chi connectivity index (χ2n) is 5.26. The van der Waals surface area contributed by atoms with E-state index >= 15 is 0 Å². The van der Waals surface area contributed by atoms with Gasteiger partial charge in [-0.3, -0.25) is 20.2 Å². The van der Waals surface area contributed by atoms with Crippen LogP contribution in [0.4, 0.5) is 5.69 Å². The summed E-state index contributed by atoms with van der Waals surface area (Å²) in [7, 11) is 0. The second-order valence-corrected chi connectivity index (χ2v) is 5.64. The monoisotopic (exact) mass is 337 g/mol. The molecule has 6 nitrogen and oxygen atoms in total. The minimum absolute atomic E-state index is 0.0448. The van der Waals surface area contributed by atoms with Gasteiger partial charge in [-0.15, -0.1) is 0 Å². The van der Waals surface area contributed by atoms with Gasteiger partial charge in [-0.1, -0.05) is 26.7 Å². The Labute approximate surface area is 142 Å². The molecule has 0 bridgehead atoms. The molecule has 1 aromatic carbocycles. The van der Waals surface area contributed by atoms with Crippen LogP contribution in [0, 0.1) is 10.1 Å². The lowest BCUT2D eigenvalue weighted by molar-refractivity contribution is -0.384. The fourth-order valence-electron chi connectivity index (χ4n) is 2.00. The molecule has 23 heavy (non-hydrogen) atoms. The number of nitrogens with one attached hydrogen (secondary N) is 1. The molecule has 0 atom stereocenters. The molecular weight excluding hydrogens is 314 g/mol. The van der Waals surface area contributed by atoms with Crippen molar-refractivity contribution in [3.05, 3.63) is 39.9 Å². The molecule has 0 saturated carbocycles. The molecule has 0 aliphatic heterocycles. The molecule has 1 rings (SSSR count). The maximum absolute atomic E-state index is 12.2. The van der Waals surface area contributed by atoms with Gasteiger partial charge in [-0.25, -0.2) is 0 Å². The van der Waals surface area contributed by atoms with Gasteiger partial charge in [0.1, 0.15) is 0 Å². The number of nitrogens with zero attached hydrogens (tertiary/aromatic N) is 2. The van der Waals surface area contributed by atoms with Crippen molar-refractivity contribution >= 4 is 28.9 Å². The normalized spacial score (nSPS) is 10.2. The summed E-state index contributed by atoms with van der Waals surface area (Å²) in [6.45, 7) is 5.85. The molecule has 0 unspecified atom stereocenters. The summed E-state index contributed by atoms with van der Waals surface area (Å²) in [5.74, 6) is -0.345. The lowest BCUT2D eigenvalue weighted by atomic mass is 10.2. The predicted molar refractivity (Wildman–Crippen MR) is 94.5 cm³/mol. The molecule has 0 heterocycles. The zero-order valence-electron chi connectivity index (χ0n) is 13.6. The average Bonchev–Trinajstić information content (AvgIpc) is 2.54. The van der Waals surface area contributed by atoms with Crippen molar-refractivity contribution in [2.45, 2.75) is 39.5 Å². The van der Waals surface area contributed by atoms with Crippen LogP contribution in [0.5, 0.6) is 0 Å². The van der Waals surface area contributed by atoms with Crippen molar-refractivity contribution in [3.63, 3.8) is 0 Å². The molecular formula is C16H23N3O3S. The minimum atomic E-state index is -0.496. The summed E-state index contributed by atoms with van der Waals surface area (Å²) >= 11 is 5.33. The summed E-state index contributed by atoms with van der Waals surface area (Å²) in [5, 5.41) is 13.8. The Bertz CT molecular complexity index is 538. The van der Waals surface area contributed by atoms with E-state index in [1.807, 2.05) is 4.90 Å². The van der Waals surface area contributed by atoms with Crippen molar-refractivity contribution in [1.29, 1.82) is 0 Å². The number of benzene rings is 1. The van der Waals surface area contributed by atoms with Crippen molar-refractivity contribution in [1.82, 2.24) is 10.2 Å². The van der Waals surface area contributed by atoms with Crippen LogP contribution in [0.15, 0.2) is 24.3 Å². The standard InChI is InChI=1S/C16H23N3O3S/c1-3-5-11-18(12-6-4-2)16(23)17-15(20)13-7-9-14(10-8-13)19(21)22/h7-10H,3-6,11-12H2,1-2H3,(H,17,20,23). The molecule has 0 aliphatic carbocycles. The number of carbonyl (C=O) groups excluding carboxylic acids is 1. The third kappa shape index (κ3) is 6.32. The molecule has 0 aromatic heterocycles. The molecule has 0 spiro atoms. The topological polar surface area (TPSA) is 75.5 Å². The summed E-state index contributed by atoms with van der Waals surface area (Å²) in [5.41, 5.74) is 0.306. The maximum atomic E-state index is 12.2. The maximum Gasteiger partial charge on any atom is 0.269 e. The van der Waals surface area contributed by atoms with Crippen LogP contribution in [-0.4, -0.2) is 33.9 Å². The van der Waals surface area contributed by atoms with Crippen LogP contribution in [0.3, 0.4) is 0 Å². The highest BCUT2D eigenvalue weighted by molar-refractivity contribution is 7.80. The molecule has 1 amide bonds. The Morgan fingerprint density at radius 2 is 1.70 bits per heavy atom. The molecule has 1 aromatic rings. The van der Waals surface area contributed by atoms with Gasteiger partial charge in [0.2, 0.25) is 0 Å². The molecule has 0 aliphatic rings. The fourth-order valence-corrected chi connectivity index (χ4v) is 2.27. The molecule has 0 saturated heterocycles. The number of carbonyl (C=O) groups is 1. The van der Waals surface area contributed by atoms with Crippen molar-refractivity contribution in [2.24, 2.45) is 0 Å². The Morgan fingerprint density at radius 3 is 2.13 bits per heavy atom.